The fourth-order valence-electron chi connectivity index (χ4n) is 2.19. The van der Waals surface area contributed by atoms with Crippen LogP contribution < -0.4 is 5.32 Å². The number of rotatable bonds is 3. The molecule has 0 unspecified atom stereocenters. The summed E-state index contributed by atoms with van der Waals surface area (Å²) in [5.41, 5.74) is 1.85. The molecular weight excluding hydrogens is 252 g/mol. The van der Waals surface area contributed by atoms with E-state index in [0.717, 1.165) is 11.9 Å². The van der Waals surface area contributed by atoms with Crippen LogP contribution in [0.2, 0.25) is 0 Å². The molecule has 0 aliphatic heterocycles. The minimum atomic E-state index is -0.468. The normalized spacial score (nSPS) is 13.2. The zero-order valence-corrected chi connectivity index (χ0v) is 12.5. The molecular formula is C16H22N2O2. The van der Waals surface area contributed by atoms with Gasteiger partial charge in [-0.2, -0.15) is 0 Å². The molecule has 1 heterocycles. The molecule has 0 aliphatic rings. The van der Waals surface area contributed by atoms with Crippen molar-refractivity contribution >= 4 is 17.0 Å². The van der Waals surface area contributed by atoms with Gasteiger partial charge >= 0.3 is 6.09 Å². The van der Waals surface area contributed by atoms with Crippen molar-refractivity contribution in [2.45, 2.75) is 45.8 Å². The summed E-state index contributed by atoms with van der Waals surface area (Å²) in [4.78, 5) is 15.0. The van der Waals surface area contributed by atoms with E-state index >= 15 is 0 Å². The van der Waals surface area contributed by atoms with Crippen molar-refractivity contribution in [1.82, 2.24) is 10.3 Å². The third-order valence-electron chi connectivity index (χ3n) is 2.96. The van der Waals surface area contributed by atoms with Gasteiger partial charge in [-0.25, -0.2) is 4.79 Å². The summed E-state index contributed by atoms with van der Waals surface area (Å²) >= 11 is 0. The summed E-state index contributed by atoms with van der Waals surface area (Å²) in [6, 6.07) is 8.17. The average molecular weight is 274 g/mol. The van der Waals surface area contributed by atoms with Crippen LogP contribution >= 0.6 is 0 Å². The number of ether oxygens (including phenoxy) is 1. The van der Waals surface area contributed by atoms with Crippen molar-refractivity contribution in [1.29, 1.82) is 0 Å². The zero-order chi connectivity index (χ0) is 14.8. The summed E-state index contributed by atoms with van der Waals surface area (Å²) in [6.45, 7) is 7.55. The topological polar surface area (TPSA) is 54.1 Å². The third kappa shape index (κ3) is 3.76. The molecule has 2 aromatic rings. The highest BCUT2D eigenvalue weighted by Gasteiger charge is 2.18. The molecule has 4 heteroatoms. The highest BCUT2D eigenvalue weighted by Crippen LogP contribution is 2.19. The van der Waals surface area contributed by atoms with Crippen molar-refractivity contribution in [3.8, 4) is 0 Å². The Kier molecular flexibility index (Phi) is 4.02. The van der Waals surface area contributed by atoms with Crippen molar-refractivity contribution in [3.05, 3.63) is 36.0 Å². The number of aromatic nitrogens is 1. The summed E-state index contributed by atoms with van der Waals surface area (Å²) in [5.74, 6) is 0. The second-order valence-electron chi connectivity index (χ2n) is 6.11. The van der Waals surface area contributed by atoms with E-state index < -0.39 is 5.60 Å². The van der Waals surface area contributed by atoms with Gasteiger partial charge in [0, 0.05) is 23.1 Å². The molecule has 2 rings (SSSR count). The number of carbonyl (C=O) groups excluding carboxylic acids is 1. The van der Waals surface area contributed by atoms with E-state index in [-0.39, 0.29) is 12.1 Å². The van der Waals surface area contributed by atoms with Gasteiger partial charge in [0.25, 0.3) is 0 Å². The smallest absolute Gasteiger partial charge is 0.407 e. The van der Waals surface area contributed by atoms with Gasteiger partial charge in [-0.05, 0) is 45.7 Å². The Balaban J connectivity index is 1.98. The molecule has 0 fully saturated rings. The molecule has 0 spiro atoms. The van der Waals surface area contributed by atoms with Gasteiger partial charge in [-0.15, -0.1) is 0 Å². The number of hydrogen-bond acceptors (Lipinski definition) is 2. The van der Waals surface area contributed by atoms with Crippen LogP contribution in [0.5, 0.6) is 0 Å². The molecule has 20 heavy (non-hydrogen) atoms. The van der Waals surface area contributed by atoms with Gasteiger partial charge in [0.15, 0.2) is 0 Å². The molecule has 0 saturated carbocycles. The van der Waals surface area contributed by atoms with Crippen LogP contribution in [0.1, 0.15) is 33.3 Å². The minimum Gasteiger partial charge on any atom is -0.444 e. The number of benzene rings is 1. The largest absolute Gasteiger partial charge is 0.444 e. The molecule has 1 aromatic heterocycles. The molecule has 0 bridgehead atoms. The first-order chi connectivity index (χ1) is 9.35. The number of para-hydroxylation sites is 1. The van der Waals surface area contributed by atoms with E-state index in [4.69, 9.17) is 4.74 Å². The molecule has 108 valence electrons. The fourth-order valence-corrected chi connectivity index (χ4v) is 2.19. The average Bonchev–Trinajstić information content (AvgIpc) is 2.70. The van der Waals surface area contributed by atoms with Crippen molar-refractivity contribution < 1.29 is 9.53 Å². The number of hydrogen-bond donors (Lipinski definition) is 2. The zero-order valence-electron chi connectivity index (χ0n) is 12.5. The number of alkyl carbamates (subject to hydrolysis) is 1. The highest BCUT2D eigenvalue weighted by atomic mass is 16.6. The Hall–Kier alpha value is -1.97. The number of nitrogens with one attached hydrogen (secondary N) is 2. The van der Waals surface area contributed by atoms with E-state index in [1.165, 1.54) is 10.9 Å². The lowest BCUT2D eigenvalue weighted by molar-refractivity contribution is 0.0508. The van der Waals surface area contributed by atoms with Crippen molar-refractivity contribution in [3.63, 3.8) is 0 Å². The van der Waals surface area contributed by atoms with E-state index in [1.807, 2.05) is 52.1 Å². The van der Waals surface area contributed by atoms with E-state index in [0.29, 0.717) is 0 Å². The van der Waals surface area contributed by atoms with Gasteiger partial charge in [0.05, 0.1) is 0 Å². The van der Waals surface area contributed by atoms with Gasteiger partial charge in [0.1, 0.15) is 5.60 Å². The first kappa shape index (κ1) is 14.4. The fraction of sp³-hybridized carbons (Fsp3) is 0.438. The number of H-pyrrole nitrogens is 1. The summed E-state index contributed by atoms with van der Waals surface area (Å²) < 4.78 is 5.26. The lowest BCUT2D eigenvalue weighted by Crippen LogP contribution is -2.38. The summed E-state index contributed by atoms with van der Waals surface area (Å²) in [7, 11) is 0. The van der Waals surface area contributed by atoms with Gasteiger partial charge < -0.3 is 15.0 Å². The second kappa shape index (κ2) is 5.57. The van der Waals surface area contributed by atoms with E-state index in [9.17, 15) is 4.79 Å². The maximum Gasteiger partial charge on any atom is 0.407 e. The van der Waals surface area contributed by atoms with Crippen LogP contribution in [0.3, 0.4) is 0 Å². The second-order valence-corrected chi connectivity index (χ2v) is 6.11. The van der Waals surface area contributed by atoms with Gasteiger partial charge in [-0.3, -0.25) is 0 Å². The van der Waals surface area contributed by atoms with E-state index in [2.05, 4.69) is 16.4 Å². The first-order valence-corrected chi connectivity index (χ1v) is 6.89. The standard InChI is InChI=1S/C16H22N2O2/c1-11(18-15(19)20-16(2,3)4)9-12-10-17-14-8-6-5-7-13(12)14/h5-8,10-11,17H,9H2,1-4H3,(H,18,19)/t11-/m1/s1. The summed E-state index contributed by atoms with van der Waals surface area (Å²) in [6.07, 6.45) is 2.39. The quantitative estimate of drug-likeness (QED) is 0.898. The monoisotopic (exact) mass is 274 g/mol. The Bertz CT molecular complexity index is 596. The Morgan fingerprint density at radius 2 is 2.05 bits per heavy atom. The Morgan fingerprint density at radius 1 is 1.35 bits per heavy atom. The van der Waals surface area contributed by atoms with Gasteiger partial charge in [-0.1, -0.05) is 18.2 Å². The number of carbonyl (C=O) groups is 1. The lowest BCUT2D eigenvalue weighted by atomic mass is 10.1. The van der Waals surface area contributed by atoms with Crippen LogP contribution in [-0.2, 0) is 11.2 Å². The molecule has 0 aliphatic carbocycles. The maximum absolute atomic E-state index is 11.7. The van der Waals surface area contributed by atoms with Crippen LogP contribution in [0.4, 0.5) is 4.79 Å². The lowest BCUT2D eigenvalue weighted by Gasteiger charge is -2.21. The molecule has 1 atom stereocenters. The minimum absolute atomic E-state index is 0.0176. The molecule has 0 radical (unpaired) electrons. The molecule has 1 amide bonds. The van der Waals surface area contributed by atoms with Crippen LogP contribution in [0, 0.1) is 0 Å². The Labute approximate surface area is 119 Å². The third-order valence-corrected chi connectivity index (χ3v) is 2.96. The van der Waals surface area contributed by atoms with Gasteiger partial charge in [0.2, 0.25) is 0 Å². The predicted molar refractivity (Wildman–Crippen MR) is 80.8 cm³/mol. The molecule has 4 nitrogen and oxygen atoms in total. The number of fused-ring (bicyclic) bond motifs is 1. The van der Waals surface area contributed by atoms with Crippen LogP contribution in [-0.4, -0.2) is 22.7 Å². The molecule has 2 N–H and O–H groups in total. The molecule has 0 saturated heterocycles. The number of aromatic amines is 1. The van der Waals surface area contributed by atoms with Crippen molar-refractivity contribution in [2.24, 2.45) is 0 Å². The van der Waals surface area contributed by atoms with Crippen LogP contribution in [0.25, 0.3) is 10.9 Å². The van der Waals surface area contributed by atoms with Crippen molar-refractivity contribution in [2.75, 3.05) is 0 Å². The highest BCUT2D eigenvalue weighted by molar-refractivity contribution is 5.83. The Morgan fingerprint density at radius 3 is 2.75 bits per heavy atom. The SMILES string of the molecule is C[C@H](Cc1c[nH]c2ccccc12)NC(=O)OC(C)(C)C. The first-order valence-electron chi connectivity index (χ1n) is 6.89. The van der Waals surface area contributed by atoms with E-state index in [1.54, 1.807) is 0 Å². The van der Waals surface area contributed by atoms with Crippen LogP contribution in [0.15, 0.2) is 30.5 Å². The summed E-state index contributed by atoms with van der Waals surface area (Å²) in [5, 5.41) is 4.06. The molecule has 1 aromatic carbocycles. The maximum atomic E-state index is 11.7. The number of amides is 1. The predicted octanol–water partition coefficient (Wildman–Crippen LogP) is 3.62.